The Bertz CT molecular complexity index is 554. The molecule has 2 atom stereocenters. The van der Waals surface area contributed by atoms with Crippen LogP contribution in [0.2, 0.25) is 0 Å². The molecule has 7 nitrogen and oxygen atoms in total. The van der Waals surface area contributed by atoms with Crippen molar-refractivity contribution in [1.29, 1.82) is 0 Å². The third-order valence-corrected chi connectivity index (χ3v) is 4.24. The van der Waals surface area contributed by atoms with Gasteiger partial charge in [0, 0.05) is 36.8 Å². The van der Waals surface area contributed by atoms with Crippen LogP contribution in [-0.4, -0.2) is 50.9 Å². The van der Waals surface area contributed by atoms with Crippen molar-refractivity contribution in [2.75, 3.05) is 19.7 Å². The normalized spacial score (nSPS) is 26.9. The number of hydrogen-bond acceptors (Lipinski definition) is 5. The molecule has 1 aromatic rings. The summed E-state index contributed by atoms with van der Waals surface area (Å²) in [6, 6.07) is 1.37. The standard InChI is InChI=1S/C14H23N3O4/c1-2-4-14(9-18)8-17(5-3-11(14)19)7-10-6-12(20)16-13(21)15-10/h6,11,18-19H,2-5,7-9H2,1H3,(H2,15,16,20,21)/t11-,14+/m1/s1. The maximum atomic E-state index is 11.3. The summed E-state index contributed by atoms with van der Waals surface area (Å²) in [6.07, 6.45) is 1.69. The average Bonchev–Trinajstić information content (AvgIpc) is 2.41. The number of H-pyrrole nitrogens is 2. The van der Waals surface area contributed by atoms with Crippen LogP contribution in [-0.2, 0) is 6.54 Å². The van der Waals surface area contributed by atoms with Gasteiger partial charge < -0.3 is 15.2 Å². The minimum Gasteiger partial charge on any atom is -0.396 e. The Kier molecular flexibility index (Phi) is 4.97. The van der Waals surface area contributed by atoms with Crippen molar-refractivity contribution >= 4 is 0 Å². The Balaban J connectivity index is 2.14. The number of likely N-dealkylation sites (tertiary alicyclic amines) is 1. The molecule has 0 bridgehead atoms. The summed E-state index contributed by atoms with van der Waals surface area (Å²) in [6.45, 7) is 3.60. The number of aliphatic hydroxyl groups excluding tert-OH is 2. The summed E-state index contributed by atoms with van der Waals surface area (Å²) in [5, 5.41) is 19.9. The van der Waals surface area contributed by atoms with Crippen LogP contribution in [0.3, 0.4) is 0 Å². The molecule has 1 fully saturated rings. The van der Waals surface area contributed by atoms with Gasteiger partial charge in [-0.05, 0) is 12.8 Å². The van der Waals surface area contributed by atoms with Crippen LogP contribution in [0.4, 0.5) is 0 Å². The number of aliphatic hydroxyl groups is 2. The number of rotatable bonds is 5. The average molecular weight is 297 g/mol. The van der Waals surface area contributed by atoms with Gasteiger partial charge in [0.25, 0.3) is 5.56 Å². The van der Waals surface area contributed by atoms with Gasteiger partial charge in [-0.3, -0.25) is 14.7 Å². The fraction of sp³-hybridized carbons (Fsp3) is 0.714. The van der Waals surface area contributed by atoms with Gasteiger partial charge >= 0.3 is 5.69 Å². The van der Waals surface area contributed by atoms with Gasteiger partial charge in [-0.1, -0.05) is 13.3 Å². The van der Waals surface area contributed by atoms with Crippen molar-refractivity contribution in [3.05, 3.63) is 32.6 Å². The molecular formula is C14H23N3O4. The number of aromatic nitrogens is 2. The Hall–Kier alpha value is -1.44. The summed E-state index contributed by atoms with van der Waals surface area (Å²) >= 11 is 0. The lowest BCUT2D eigenvalue weighted by atomic mass is 9.74. The highest BCUT2D eigenvalue weighted by Crippen LogP contribution is 2.34. The van der Waals surface area contributed by atoms with Crippen LogP contribution in [0.5, 0.6) is 0 Å². The summed E-state index contributed by atoms with van der Waals surface area (Å²) in [4.78, 5) is 29.4. The molecule has 0 aromatic carbocycles. The molecule has 0 radical (unpaired) electrons. The van der Waals surface area contributed by atoms with E-state index in [-0.39, 0.29) is 6.61 Å². The lowest BCUT2D eigenvalue weighted by molar-refractivity contribution is -0.0822. The second-order valence-corrected chi connectivity index (χ2v) is 5.90. The Morgan fingerprint density at radius 3 is 2.81 bits per heavy atom. The van der Waals surface area contributed by atoms with Crippen molar-refractivity contribution in [3.63, 3.8) is 0 Å². The lowest BCUT2D eigenvalue weighted by Gasteiger charge is -2.45. The molecule has 0 saturated carbocycles. The van der Waals surface area contributed by atoms with E-state index in [0.29, 0.717) is 31.7 Å². The first kappa shape index (κ1) is 15.9. The fourth-order valence-electron chi connectivity index (χ4n) is 3.20. The molecule has 1 aliphatic heterocycles. The predicted molar refractivity (Wildman–Crippen MR) is 78.0 cm³/mol. The highest BCUT2D eigenvalue weighted by atomic mass is 16.3. The topological polar surface area (TPSA) is 109 Å². The van der Waals surface area contributed by atoms with E-state index in [0.717, 1.165) is 12.8 Å². The summed E-state index contributed by atoms with van der Waals surface area (Å²) < 4.78 is 0. The van der Waals surface area contributed by atoms with E-state index < -0.39 is 22.8 Å². The van der Waals surface area contributed by atoms with Gasteiger partial charge in [-0.25, -0.2) is 4.79 Å². The highest BCUT2D eigenvalue weighted by Gasteiger charge is 2.41. The van der Waals surface area contributed by atoms with Crippen molar-refractivity contribution in [2.24, 2.45) is 5.41 Å². The van der Waals surface area contributed by atoms with E-state index in [4.69, 9.17) is 0 Å². The lowest BCUT2D eigenvalue weighted by Crippen LogP contribution is -2.53. The minimum absolute atomic E-state index is 0.0651. The molecule has 1 saturated heterocycles. The molecule has 7 heteroatoms. The van der Waals surface area contributed by atoms with E-state index in [1.807, 2.05) is 6.92 Å². The summed E-state index contributed by atoms with van der Waals surface area (Å²) in [5.74, 6) is 0. The van der Waals surface area contributed by atoms with Crippen LogP contribution < -0.4 is 11.2 Å². The van der Waals surface area contributed by atoms with Gasteiger partial charge in [0.05, 0.1) is 12.7 Å². The molecule has 21 heavy (non-hydrogen) atoms. The smallest absolute Gasteiger partial charge is 0.325 e. The van der Waals surface area contributed by atoms with Gasteiger partial charge in [-0.2, -0.15) is 0 Å². The number of nitrogens with zero attached hydrogens (tertiary/aromatic N) is 1. The maximum Gasteiger partial charge on any atom is 0.325 e. The first-order valence-electron chi connectivity index (χ1n) is 7.33. The molecule has 0 spiro atoms. The number of aromatic amines is 2. The summed E-state index contributed by atoms with van der Waals surface area (Å²) in [7, 11) is 0. The summed E-state index contributed by atoms with van der Waals surface area (Å²) in [5.41, 5.74) is -0.915. The number of nitrogens with one attached hydrogen (secondary N) is 2. The molecule has 2 heterocycles. The molecule has 2 rings (SSSR count). The molecule has 4 N–H and O–H groups in total. The van der Waals surface area contributed by atoms with E-state index >= 15 is 0 Å². The van der Waals surface area contributed by atoms with Crippen LogP contribution in [0.15, 0.2) is 15.7 Å². The number of piperidine rings is 1. The van der Waals surface area contributed by atoms with E-state index in [1.54, 1.807) is 0 Å². The van der Waals surface area contributed by atoms with E-state index in [9.17, 15) is 19.8 Å². The zero-order valence-electron chi connectivity index (χ0n) is 12.3. The molecule has 0 aliphatic carbocycles. The fourth-order valence-corrected chi connectivity index (χ4v) is 3.20. The molecule has 1 aromatic heterocycles. The molecule has 1 aliphatic rings. The zero-order valence-corrected chi connectivity index (χ0v) is 12.3. The third kappa shape index (κ3) is 3.61. The zero-order chi connectivity index (χ0) is 15.5. The van der Waals surface area contributed by atoms with Gasteiger partial charge in [0.1, 0.15) is 0 Å². The van der Waals surface area contributed by atoms with Crippen LogP contribution in [0.1, 0.15) is 31.9 Å². The number of hydrogen-bond donors (Lipinski definition) is 4. The first-order chi connectivity index (χ1) is 9.99. The highest BCUT2D eigenvalue weighted by molar-refractivity contribution is 5.01. The molecule has 0 amide bonds. The largest absolute Gasteiger partial charge is 0.396 e. The molecular weight excluding hydrogens is 274 g/mol. The van der Waals surface area contributed by atoms with Crippen molar-refractivity contribution in [3.8, 4) is 0 Å². The van der Waals surface area contributed by atoms with Crippen LogP contribution in [0.25, 0.3) is 0 Å². The van der Waals surface area contributed by atoms with Gasteiger partial charge in [-0.15, -0.1) is 0 Å². The molecule has 0 unspecified atom stereocenters. The maximum absolute atomic E-state index is 11.3. The Morgan fingerprint density at radius 1 is 1.43 bits per heavy atom. The van der Waals surface area contributed by atoms with E-state index in [1.165, 1.54) is 6.07 Å². The van der Waals surface area contributed by atoms with Gasteiger partial charge in [0.15, 0.2) is 0 Å². The van der Waals surface area contributed by atoms with Crippen molar-refractivity contribution in [2.45, 2.75) is 38.8 Å². The van der Waals surface area contributed by atoms with Gasteiger partial charge in [0.2, 0.25) is 0 Å². The van der Waals surface area contributed by atoms with Crippen molar-refractivity contribution in [1.82, 2.24) is 14.9 Å². The monoisotopic (exact) mass is 297 g/mol. The first-order valence-corrected chi connectivity index (χ1v) is 7.33. The van der Waals surface area contributed by atoms with Crippen LogP contribution >= 0.6 is 0 Å². The quantitative estimate of drug-likeness (QED) is 0.581. The van der Waals surface area contributed by atoms with E-state index in [2.05, 4.69) is 14.9 Å². The minimum atomic E-state index is -0.519. The molecule has 118 valence electrons. The Labute approximate surface area is 122 Å². The van der Waals surface area contributed by atoms with Crippen molar-refractivity contribution < 1.29 is 10.2 Å². The SMILES string of the molecule is CCC[C@@]1(CO)CN(Cc2cc(=O)[nH]c(=O)[nH]2)CC[C@H]1O. The predicted octanol–water partition coefficient (Wildman–Crippen LogP) is -0.591. The van der Waals surface area contributed by atoms with Crippen LogP contribution in [0, 0.1) is 5.41 Å². The third-order valence-electron chi connectivity index (χ3n) is 4.24. The second kappa shape index (κ2) is 6.55. The second-order valence-electron chi connectivity index (χ2n) is 5.90. The Morgan fingerprint density at radius 2 is 2.19 bits per heavy atom.